The molecule has 1 saturated heterocycles. The Labute approximate surface area is 183 Å². The summed E-state index contributed by atoms with van der Waals surface area (Å²) in [5, 5.41) is 7.58. The Morgan fingerprint density at radius 2 is 2.03 bits per heavy atom. The van der Waals surface area contributed by atoms with Crippen LogP contribution in [0.5, 0.6) is 0 Å². The normalized spacial score (nSPS) is 14.7. The number of amides is 1. The van der Waals surface area contributed by atoms with Crippen molar-refractivity contribution in [3.8, 4) is 0 Å². The molecule has 2 aromatic heterocycles. The third-order valence-corrected chi connectivity index (χ3v) is 5.99. The predicted molar refractivity (Wildman–Crippen MR) is 118 cm³/mol. The van der Waals surface area contributed by atoms with Crippen LogP contribution in [-0.4, -0.2) is 64.1 Å². The van der Waals surface area contributed by atoms with Crippen LogP contribution in [0.2, 0.25) is 0 Å². The van der Waals surface area contributed by atoms with Crippen molar-refractivity contribution in [2.75, 3.05) is 43.9 Å². The highest BCUT2D eigenvalue weighted by molar-refractivity contribution is 7.99. The van der Waals surface area contributed by atoms with Gasteiger partial charge in [-0.1, -0.05) is 29.1 Å². The molecule has 0 bridgehead atoms. The van der Waals surface area contributed by atoms with Crippen molar-refractivity contribution in [3.05, 3.63) is 46.4 Å². The van der Waals surface area contributed by atoms with E-state index < -0.39 is 0 Å². The zero-order valence-electron chi connectivity index (χ0n) is 17.4. The average molecular weight is 444 g/mol. The molecule has 10 heteroatoms. The largest absolute Gasteiger partial charge is 0.379 e. The van der Waals surface area contributed by atoms with Gasteiger partial charge in [-0.3, -0.25) is 19.1 Å². The minimum atomic E-state index is -0.236. The molecule has 0 aliphatic carbocycles. The number of morpholine rings is 1. The number of nitrogens with one attached hydrogen (secondary N) is 1. The number of para-hydroxylation sites is 1. The molecule has 31 heavy (non-hydrogen) atoms. The molecule has 3 heterocycles. The van der Waals surface area contributed by atoms with Gasteiger partial charge in [-0.15, -0.1) is 0 Å². The minimum absolute atomic E-state index is 0.0809. The Hall–Kier alpha value is -2.69. The summed E-state index contributed by atoms with van der Waals surface area (Å²) in [4.78, 5) is 32.5. The number of hydrogen-bond acceptors (Lipinski definition) is 8. The molecular formula is C21H25N5O4S. The van der Waals surface area contributed by atoms with Gasteiger partial charge in [0, 0.05) is 32.2 Å². The van der Waals surface area contributed by atoms with Gasteiger partial charge in [0.25, 0.3) is 5.56 Å². The first kappa shape index (κ1) is 21.5. The van der Waals surface area contributed by atoms with Crippen LogP contribution < -0.4 is 10.9 Å². The van der Waals surface area contributed by atoms with E-state index in [4.69, 9.17) is 9.26 Å². The summed E-state index contributed by atoms with van der Waals surface area (Å²) in [5.41, 5.74) is 0.551. The maximum absolute atomic E-state index is 13.1. The summed E-state index contributed by atoms with van der Waals surface area (Å²) in [5.74, 6) is 0.867. The van der Waals surface area contributed by atoms with Gasteiger partial charge in [0.15, 0.2) is 11.0 Å². The summed E-state index contributed by atoms with van der Waals surface area (Å²) in [6, 6.07) is 8.95. The van der Waals surface area contributed by atoms with Crippen LogP contribution in [0.1, 0.15) is 12.2 Å². The summed E-state index contributed by atoms with van der Waals surface area (Å²) >= 11 is 1.24. The maximum atomic E-state index is 13.1. The highest BCUT2D eigenvalue weighted by Crippen LogP contribution is 2.19. The van der Waals surface area contributed by atoms with E-state index in [1.54, 1.807) is 23.6 Å². The van der Waals surface area contributed by atoms with Gasteiger partial charge in [-0.05, 0) is 25.5 Å². The number of carbonyl (C=O) groups is 1. The molecule has 9 nitrogen and oxygen atoms in total. The number of anilines is 1. The van der Waals surface area contributed by atoms with Gasteiger partial charge >= 0.3 is 0 Å². The van der Waals surface area contributed by atoms with E-state index in [2.05, 4.69) is 20.4 Å². The van der Waals surface area contributed by atoms with E-state index in [0.29, 0.717) is 34.2 Å². The third kappa shape index (κ3) is 5.52. The Bertz CT molecular complexity index is 1110. The number of hydrogen-bond donors (Lipinski definition) is 1. The molecule has 1 fully saturated rings. The van der Waals surface area contributed by atoms with Gasteiger partial charge in [0.1, 0.15) is 5.76 Å². The predicted octanol–water partition coefficient (Wildman–Crippen LogP) is 2.15. The molecule has 0 atom stereocenters. The van der Waals surface area contributed by atoms with E-state index in [1.165, 1.54) is 11.8 Å². The lowest BCUT2D eigenvalue weighted by Crippen LogP contribution is -2.37. The summed E-state index contributed by atoms with van der Waals surface area (Å²) < 4.78 is 12.0. The highest BCUT2D eigenvalue weighted by Gasteiger charge is 2.15. The molecule has 0 spiro atoms. The summed E-state index contributed by atoms with van der Waals surface area (Å²) in [6.07, 6.45) is 0.817. The van der Waals surface area contributed by atoms with E-state index in [0.717, 1.165) is 39.3 Å². The lowest BCUT2D eigenvalue weighted by Gasteiger charge is -2.26. The van der Waals surface area contributed by atoms with Crippen LogP contribution in [0.4, 0.5) is 5.82 Å². The quantitative estimate of drug-likeness (QED) is 0.417. The van der Waals surface area contributed by atoms with Crippen molar-refractivity contribution in [2.45, 2.75) is 25.0 Å². The first-order valence-electron chi connectivity index (χ1n) is 10.3. The second-order valence-electron chi connectivity index (χ2n) is 7.34. The minimum Gasteiger partial charge on any atom is -0.379 e. The summed E-state index contributed by atoms with van der Waals surface area (Å²) in [6.45, 7) is 6.50. The number of thioether (sulfide) groups is 1. The topological polar surface area (TPSA) is 102 Å². The molecular weight excluding hydrogens is 418 g/mol. The van der Waals surface area contributed by atoms with Crippen molar-refractivity contribution < 1.29 is 14.1 Å². The fourth-order valence-corrected chi connectivity index (χ4v) is 4.29. The number of ether oxygens (including phenoxy) is 1. The van der Waals surface area contributed by atoms with Crippen molar-refractivity contribution in [1.29, 1.82) is 0 Å². The Kier molecular flexibility index (Phi) is 7.00. The molecule has 1 N–H and O–H groups in total. The van der Waals surface area contributed by atoms with E-state index in [-0.39, 0.29) is 17.2 Å². The van der Waals surface area contributed by atoms with E-state index in [9.17, 15) is 9.59 Å². The van der Waals surface area contributed by atoms with Crippen molar-refractivity contribution in [2.24, 2.45) is 0 Å². The van der Waals surface area contributed by atoms with Gasteiger partial charge in [0.05, 0.1) is 29.9 Å². The standard InChI is InChI=1S/C21H25N5O4S/c1-15-13-18(24-30-15)23-19(27)14-31-21-22-17-6-3-2-5-16(17)20(28)26(21)8-4-7-25-9-11-29-12-10-25/h2-3,5-6,13H,4,7-12,14H2,1H3,(H,23,24,27). The molecule has 0 unspecified atom stereocenters. The monoisotopic (exact) mass is 443 g/mol. The Balaban J connectivity index is 1.47. The molecule has 3 aromatic rings. The second kappa shape index (κ2) is 10.1. The van der Waals surface area contributed by atoms with Crippen LogP contribution in [0.15, 0.2) is 44.8 Å². The maximum Gasteiger partial charge on any atom is 0.262 e. The molecule has 4 rings (SSSR count). The zero-order valence-corrected chi connectivity index (χ0v) is 18.2. The number of rotatable bonds is 8. The number of nitrogens with zero attached hydrogens (tertiary/aromatic N) is 4. The molecule has 164 valence electrons. The number of aromatic nitrogens is 3. The van der Waals surface area contributed by atoms with Crippen molar-refractivity contribution in [3.63, 3.8) is 0 Å². The fraction of sp³-hybridized carbons (Fsp3) is 0.429. The van der Waals surface area contributed by atoms with Gasteiger partial charge in [0.2, 0.25) is 5.91 Å². The molecule has 1 amide bonds. The SMILES string of the molecule is Cc1cc(NC(=O)CSc2nc3ccccc3c(=O)n2CCCN2CCOCC2)no1. The smallest absolute Gasteiger partial charge is 0.262 e. The number of aryl methyl sites for hydroxylation is 1. The molecule has 0 saturated carbocycles. The van der Waals surface area contributed by atoms with Gasteiger partial charge in [-0.2, -0.15) is 0 Å². The lowest BCUT2D eigenvalue weighted by atomic mass is 10.2. The van der Waals surface area contributed by atoms with Crippen LogP contribution in [0.25, 0.3) is 10.9 Å². The molecule has 1 aliphatic heterocycles. The molecule has 0 radical (unpaired) electrons. The zero-order chi connectivity index (χ0) is 21.6. The van der Waals surface area contributed by atoms with Crippen LogP contribution in [0, 0.1) is 6.92 Å². The third-order valence-electron chi connectivity index (χ3n) is 5.01. The van der Waals surface area contributed by atoms with Gasteiger partial charge in [-0.25, -0.2) is 4.98 Å². The Morgan fingerprint density at radius 3 is 2.81 bits per heavy atom. The lowest BCUT2D eigenvalue weighted by molar-refractivity contribution is -0.113. The van der Waals surface area contributed by atoms with E-state index in [1.807, 2.05) is 18.2 Å². The first-order chi connectivity index (χ1) is 15.1. The van der Waals surface area contributed by atoms with Crippen LogP contribution >= 0.6 is 11.8 Å². The fourth-order valence-electron chi connectivity index (χ4n) is 3.47. The average Bonchev–Trinajstić information content (AvgIpc) is 3.19. The molecule has 1 aliphatic rings. The number of fused-ring (bicyclic) bond motifs is 1. The van der Waals surface area contributed by atoms with Gasteiger partial charge < -0.3 is 14.6 Å². The highest BCUT2D eigenvalue weighted by atomic mass is 32.2. The van der Waals surface area contributed by atoms with E-state index >= 15 is 0 Å². The van der Waals surface area contributed by atoms with Crippen molar-refractivity contribution in [1.82, 2.24) is 19.6 Å². The molecule has 1 aromatic carbocycles. The second-order valence-corrected chi connectivity index (χ2v) is 8.28. The summed E-state index contributed by atoms with van der Waals surface area (Å²) in [7, 11) is 0. The number of carbonyl (C=O) groups excluding carboxylic acids is 1. The Morgan fingerprint density at radius 1 is 1.23 bits per heavy atom. The first-order valence-corrected chi connectivity index (χ1v) is 11.2. The van der Waals surface area contributed by atoms with Crippen LogP contribution in [-0.2, 0) is 16.1 Å². The number of benzene rings is 1. The van der Waals surface area contributed by atoms with Crippen molar-refractivity contribution >= 4 is 34.4 Å². The van der Waals surface area contributed by atoms with Crippen LogP contribution in [0.3, 0.4) is 0 Å².